The number of carbonyl (C=O) groups excluding carboxylic acids is 1. The molecule has 9 heteroatoms. The van der Waals surface area contributed by atoms with Gasteiger partial charge in [-0.25, -0.2) is 9.59 Å². The lowest BCUT2D eigenvalue weighted by Crippen LogP contribution is -2.33. The van der Waals surface area contributed by atoms with E-state index < -0.39 is 23.3 Å². The van der Waals surface area contributed by atoms with Crippen LogP contribution in [0.1, 0.15) is 44.8 Å². The first kappa shape index (κ1) is 23.5. The molecule has 1 aromatic heterocycles. The Kier molecular flexibility index (Phi) is 6.50. The van der Waals surface area contributed by atoms with Gasteiger partial charge in [0.25, 0.3) is 11.5 Å². The molecule has 0 bridgehead atoms. The van der Waals surface area contributed by atoms with Gasteiger partial charge in [0.15, 0.2) is 0 Å². The third-order valence-electron chi connectivity index (χ3n) is 5.82. The van der Waals surface area contributed by atoms with Crippen LogP contribution in [0.5, 0.6) is 5.75 Å². The van der Waals surface area contributed by atoms with E-state index in [-0.39, 0.29) is 29.0 Å². The second kappa shape index (κ2) is 9.68. The van der Waals surface area contributed by atoms with Crippen molar-refractivity contribution in [3.05, 3.63) is 110 Å². The predicted octanol–water partition coefficient (Wildman–Crippen LogP) is 2.94. The number of carboxylic acid groups (broad SMARTS) is 1. The van der Waals surface area contributed by atoms with Crippen molar-refractivity contribution in [2.75, 3.05) is 7.11 Å². The monoisotopic (exact) mass is 473 g/mol. The number of amides is 1. The van der Waals surface area contributed by atoms with Gasteiger partial charge in [-0.1, -0.05) is 24.3 Å². The number of carbonyl (C=O) groups is 2. The highest BCUT2D eigenvalue weighted by Gasteiger charge is 2.17. The normalized spacial score (nSPS) is 11.7. The molecule has 4 rings (SSSR count). The van der Waals surface area contributed by atoms with Crippen LogP contribution in [0.2, 0.25) is 0 Å². The van der Waals surface area contributed by atoms with E-state index >= 15 is 0 Å². The van der Waals surface area contributed by atoms with E-state index in [2.05, 4.69) is 10.3 Å². The van der Waals surface area contributed by atoms with Crippen LogP contribution in [0, 0.1) is 0 Å². The number of H-pyrrole nitrogens is 1. The number of aromatic nitrogens is 2. The van der Waals surface area contributed by atoms with Gasteiger partial charge in [0.05, 0.1) is 29.6 Å². The molecule has 4 aromatic rings. The van der Waals surface area contributed by atoms with Gasteiger partial charge in [-0.05, 0) is 60.5 Å². The minimum atomic E-state index is -1.05. The average molecular weight is 473 g/mol. The average Bonchev–Trinajstić information content (AvgIpc) is 2.87. The summed E-state index contributed by atoms with van der Waals surface area (Å²) in [6, 6.07) is 17.5. The molecule has 0 aliphatic rings. The van der Waals surface area contributed by atoms with Crippen LogP contribution in [0.15, 0.2) is 76.3 Å². The summed E-state index contributed by atoms with van der Waals surface area (Å²) in [4.78, 5) is 51.5. The summed E-state index contributed by atoms with van der Waals surface area (Å²) < 4.78 is 6.60. The molecule has 0 aliphatic heterocycles. The Bertz CT molecular complexity index is 1540. The van der Waals surface area contributed by atoms with Crippen molar-refractivity contribution in [3.63, 3.8) is 0 Å². The Morgan fingerprint density at radius 1 is 1.03 bits per heavy atom. The molecule has 1 amide bonds. The summed E-state index contributed by atoms with van der Waals surface area (Å²) in [5, 5.41) is 12.1. The zero-order valence-corrected chi connectivity index (χ0v) is 19.1. The van der Waals surface area contributed by atoms with E-state index in [4.69, 9.17) is 9.84 Å². The van der Waals surface area contributed by atoms with Gasteiger partial charge < -0.3 is 15.2 Å². The Morgan fingerprint density at radius 2 is 1.74 bits per heavy atom. The van der Waals surface area contributed by atoms with E-state index in [9.17, 15) is 19.2 Å². The lowest BCUT2D eigenvalue weighted by atomic mass is 10.0. The lowest BCUT2D eigenvalue weighted by Gasteiger charge is -2.18. The zero-order valence-electron chi connectivity index (χ0n) is 19.1. The Morgan fingerprint density at radius 3 is 2.43 bits per heavy atom. The maximum atomic E-state index is 12.8. The molecule has 1 heterocycles. The molecule has 3 aromatic carbocycles. The summed E-state index contributed by atoms with van der Waals surface area (Å²) in [6.07, 6.45) is 0. The maximum absolute atomic E-state index is 12.8. The van der Waals surface area contributed by atoms with Crippen molar-refractivity contribution < 1.29 is 19.4 Å². The Labute approximate surface area is 199 Å². The molecule has 0 saturated heterocycles. The quantitative estimate of drug-likeness (QED) is 0.378. The molecule has 9 nitrogen and oxygen atoms in total. The van der Waals surface area contributed by atoms with Gasteiger partial charge >= 0.3 is 11.7 Å². The van der Waals surface area contributed by atoms with E-state index in [1.165, 1.54) is 22.8 Å². The lowest BCUT2D eigenvalue weighted by molar-refractivity contribution is 0.0696. The van der Waals surface area contributed by atoms with Crippen LogP contribution in [-0.2, 0) is 6.54 Å². The van der Waals surface area contributed by atoms with Gasteiger partial charge in [-0.2, -0.15) is 0 Å². The molecule has 0 aliphatic carbocycles. The minimum Gasteiger partial charge on any atom is -0.497 e. The number of hydrogen-bond acceptors (Lipinski definition) is 5. The van der Waals surface area contributed by atoms with Crippen molar-refractivity contribution in [2.45, 2.75) is 19.5 Å². The van der Waals surface area contributed by atoms with Crippen LogP contribution >= 0.6 is 0 Å². The number of benzene rings is 3. The minimum absolute atomic E-state index is 0.129. The summed E-state index contributed by atoms with van der Waals surface area (Å²) in [7, 11) is 1.57. The Balaban J connectivity index is 1.65. The molecule has 1 unspecified atom stereocenters. The smallest absolute Gasteiger partial charge is 0.335 e. The second-order valence-corrected chi connectivity index (χ2v) is 8.00. The SMILES string of the molecule is COc1cccc(CNC(=O)c2ccc3c(c2)c(=O)[nH]c(=O)n3C(C)c2ccc(C(=O)O)cc2)c1. The Hall–Kier alpha value is -4.66. The standard InChI is InChI=1S/C26H23N3O6/c1-15(17-6-8-18(9-7-17)25(32)33)29-22-11-10-19(13-21(22)24(31)28-26(29)34)23(30)27-14-16-4-3-5-20(12-16)35-2/h3-13,15H,14H2,1-2H3,(H,27,30)(H,32,33)(H,28,31,34). The number of nitrogens with one attached hydrogen (secondary N) is 2. The van der Waals surface area contributed by atoms with Crippen molar-refractivity contribution in [1.82, 2.24) is 14.9 Å². The number of hydrogen-bond donors (Lipinski definition) is 3. The molecule has 3 N–H and O–H groups in total. The van der Waals surface area contributed by atoms with Crippen LogP contribution < -0.4 is 21.3 Å². The molecule has 0 spiro atoms. The predicted molar refractivity (Wildman–Crippen MR) is 130 cm³/mol. The molecular formula is C26H23N3O6. The number of fused-ring (bicyclic) bond motifs is 1. The van der Waals surface area contributed by atoms with Crippen LogP contribution in [0.4, 0.5) is 0 Å². The fraction of sp³-hybridized carbons (Fsp3) is 0.154. The highest BCUT2D eigenvalue weighted by Crippen LogP contribution is 2.21. The van der Waals surface area contributed by atoms with E-state index in [1.54, 1.807) is 38.3 Å². The largest absolute Gasteiger partial charge is 0.497 e. The zero-order chi connectivity index (χ0) is 25.1. The molecule has 0 saturated carbocycles. The van der Waals surface area contributed by atoms with Crippen molar-refractivity contribution >= 4 is 22.8 Å². The van der Waals surface area contributed by atoms with Gasteiger partial charge in [-0.15, -0.1) is 0 Å². The summed E-state index contributed by atoms with van der Waals surface area (Å²) >= 11 is 0. The summed E-state index contributed by atoms with van der Waals surface area (Å²) in [5.41, 5.74) is 1.10. The third kappa shape index (κ3) is 4.84. The first-order chi connectivity index (χ1) is 16.8. The first-order valence-corrected chi connectivity index (χ1v) is 10.8. The molecule has 35 heavy (non-hydrogen) atoms. The fourth-order valence-corrected chi connectivity index (χ4v) is 3.91. The molecule has 0 fully saturated rings. The highest BCUT2D eigenvalue weighted by molar-refractivity contribution is 5.97. The third-order valence-corrected chi connectivity index (χ3v) is 5.82. The van der Waals surface area contributed by atoms with E-state index in [1.807, 2.05) is 24.3 Å². The number of methoxy groups -OCH3 is 1. The molecule has 1 atom stereocenters. The summed E-state index contributed by atoms with van der Waals surface area (Å²) in [5.74, 6) is -0.740. The number of aromatic amines is 1. The maximum Gasteiger partial charge on any atom is 0.335 e. The molecule has 178 valence electrons. The highest BCUT2D eigenvalue weighted by atomic mass is 16.5. The summed E-state index contributed by atoms with van der Waals surface area (Å²) in [6.45, 7) is 2.04. The van der Waals surface area contributed by atoms with Crippen LogP contribution in [-0.4, -0.2) is 33.6 Å². The van der Waals surface area contributed by atoms with Crippen LogP contribution in [0.3, 0.4) is 0 Å². The number of rotatable bonds is 7. The topological polar surface area (TPSA) is 130 Å². The van der Waals surface area contributed by atoms with Crippen molar-refractivity contribution in [3.8, 4) is 5.75 Å². The second-order valence-electron chi connectivity index (χ2n) is 8.00. The van der Waals surface area contributed by atoms with Crippen molar-refractivity contribution in [1.29, 1.82) is 0 Å². The molecular weight excluding hydrogens is 450 g/mol. The number of carboxylic acids is 1. The van der Waals surface area contributed by atoms with Gasteiger partial charge in [0.1, 0.15) is 5.75 Å². The van der Waals surface area contributed by atoms with Gasteiger partial charge in [0, 0.05) is 12.1 Å². The van der Waals surface area contributed by atoms with E-state index in [0.29, 0.717) is 16.8 Å². The van der Waals surface area contributed by atoms with Crippen LogP contribution in [0.25, 0.3) is 10.9 Å². The molecule has 0 radical (unpaired) electrons. The van der Waals surface area contributed by atoms with Crippen molar-refractivity contribution in [2.24, 2.45) is 0 Å². The van der Waals surface area contributed by atoms with E-state index in [0.717, 1.165) is 5.56 Å². The fourth-order valence-electron chi connectivity index (χ4n) is 3.91. The van der Waals surface area contributed by atoms with Gasteiger partial charge in [0.2, 0.25) is 0 Å². The number of aromatic carboxylic acids is 1. The van der Waals surface area contributed by atoms with Gasteiger partial charge in [-0.3, -0.25) is 19.1 Å². The number of ether oxygens (including phenoxy) is 1. The first-order valence-electron chi connectivity index (χ1n) is 10.8. The number of nitrogens with zero attached hydrogens (tertiary/aromatic N) is 1.